The van der Waals surface area contributed by atoms with E-state index in [0.29, 0.717) is 5.92 Å². The molecule has 2 atom stereocenters. The van der Waals surface area contributed by atoms with E-state index >= 15 is 0 Å². The fourth-order valence-electron chi connectivity index (χ4n) is 2.70. The Kier molecular flexibility index (Phi) is 5.43. The van der Waals surface area contributed by atoms with Crippen molar-refractivity contribution < 1.29 is 4.79 Å². The molecule has 3 rings (SSSR count). The SMILES string of the molecule is CCC(C)c1ccccc1NC(=O)C(C)Sc1nc2ccccc2[nH]1. The van der Waals surface area contributed by atoms with Crippen LogP contribution in [0.4, 0.5) is 5.69 Å². The second-order valence-corrected chi connectivity index (χ2v) is 7.53. The molecule has 1 heterocycles. The number of rotatable bonds is 6. The van der Waals surface area contributed by atoms with Gasteiger partial charge in [-0.15, -0.1) is 0 Å². The largest absolute Gasteiger partial charge is 0.333 e. The van der Waals surface area contributed by atoms with Crippen LogP contribution in [0.25, 0.3) is 11.0 Å². The van der Waals surface area contributed by atoms with Crippen LogP contribution in [0.15, 0.2) is 53.7 Å². The fraction of sp³-hybridized carbons (Fsp3) is 0.300. The maximum absolute atomic E-state index is 12.6. The van der Waals surface area contributed by atoms with Crippen molar-refractivity contribution in [3.05, 3.63) is 54.1 Å². The molecule has 0 bridgehead atoms. The second-order valence-electron chi connectivity index (χ2n) is 6.20. The van der Waals surface area contributed by atoms with Gasteiger partial charge in [0.15, 0.2) is 5.16 Å². The van der Waals surface area contributed by atoms with Gasteiger partial charge in [0.25, 0.3) is 0 Å². The number of para-hydroxylation sites is 3. The Morgan fingerprint density at radius 2 is 1.88 bits per heavy atom. The quantitative estimate of drug-likeness (QED) is 0.599. The second kappa shape index (κ2) is 7.74. The van der Waals surface area contributed by atoms with Crippen LogP contribution in [0.3, 0.4) is 0 Å². The number of thioether (sulfide) groups is 1. The molecule has 0 spiro atoms. The molecule has 2 N–H and O–H groups in total. The van der Waals surface area contributed by atoms with Crippen molar-refractivity contribution in [2.24, 2.45) is 0 Å². The first kappa shape index (κ1) is 17.5. The average Bonchev–Trinajstić information content (AvgIpc) is 3.03. The van der Waals surface area contributed by atoms with Crippen molar-refractivity contribution in [3.8, 4) is 0 Å². The number of nitrogens with zero attached hydrogens (tertiary/aromatic N) is 1. The summed E-state index contributed by atoms with van der Waals surface area (Å²) in [6.07, 6.45) is 1.04. The van der Waals surface area contributed by atoms with Crippen LogP contribution in [0, 0.1) is 0 Å². The molecule has 2 aromatic carbocycles. The van der Waals surface area contributed by atoms with Crippen molar-refractivity contribution in [1.29, 1.82) is 0 Å². The first-order valence-electron chi connectivity index (χ1n) is 8.59. The minimum absolute atomic E-state index is 0.0128. The van der Waals surface area contributed by atoms with E-state index in [1.165, 1.54) is 17.3 Å². The van der Waals surface area contributed by atoms with Gasteiger partial charge >= 0.3 is 0 Å². The molecule has 1 amide bonds. The highest BCUT2D eigenvalue weighted by atomic mass is 32.2. The molecule has 2 unspecified atom stereocenters. The Morgan fingerprint density at radius 1 is 1.16 bits per heavy atom. The van der Waals surface area contributed by atoms with Crippen LogP contribution in [0.1, 0.15) is 38.7 Å². The van der Waals surface area contributed by atoms with Crippen LogP contribution in [-0.4, -0.2) is 21.1 Å². The molecule has 1 aromatic heterocycles. The number of aromatic nitrogens is 2. The van der Waals surface area contributed by atoms with E-state index in [2.05, 4.69) is 35.2 Å². The number of amides is 1. The van der Waals surface area contributed by atoms with Crippen LogP contribution in [0.2, 0.25) is 0 Å². The third-order valence-electron chi connectivity index (χ3n) is 4.39. The minimum atomic E-state index is -0.245. The van der Waals surface area contributed by atoms with Crippen LogP contribution in [-0.2, 0) is 4.79 Å². The molecule has 0 fully saturated rings. The van der Waals surface area contributed by atoms with Gasteiger partial charge in [0.2, 0.25) is 5.91 Å². The fourth-order valence-corrected chi connectivity index (χ4v) is 3.52. The van der Waals surface area contributed by atoms with Gasteiger partial charge in [0.05, 0.1) is 16.3 Å². The minimum Gasteiger partial charge on any atom is -0.333 e. The lowest BCUT2D eigenvalue weighted by molar-refractivity contribution is -0.115. The summed E-state index contributed by atoms with van der Waals surface area (Å²) in [5.74, 6) is 0.399. The van der Waals surface area contributed by atoms with Crippen molar-refractivity contribution >= 4 is 34.4 Å². The molecule has 0 saturated heterocycles. The normalized spacial score (nSPS) is 13.6. The summed E-state index contributed by atoms with van der Waals surface area (Å²) in [5, 5.41) is 3.60. The number of H-pyrrole nitrogens is 1. The number of hydrogen-bond donors (Lipinski definition) is 2. The number of anilines is 1. The molecule has 0 radical (unpaired) electrons. The first-order chi connectivity index (χ1) is 12.1. The van der Waals surface area contributed by atoms with Crippen LogP contribution >= 0.6 is 11.8 Å². The lowest BCUT2D eigenvalue weighted by Gasteiger charge is -2.17. The number of nitrogens with one attached hydrogen (secondary N) is 2. The number of aromatic amines is 1. The van der Waals surface area contributed by atoms with Crippen LogP contribution in [0.5, 0.6) is 0 Å². The Morgan fingerprint density at radius 3 is 2.64 bits per heavy atom. The predicted octanol–water partition coefficient (Wildman–Crippen LogP) is 5.20. The predicted molar refractivity (Wildman–Crippen MR) is 105 cm³/mol. The highest BCUT2D eigenvalue weighted by molar-refractivity contribution is 8.00. The van der Waals surface area contributed by atoms with E-state index in [0.717, 1.165) is 28.3 Å². The lowest BCUT2D eigenvalue weighted by atomic mass is 9.97. The van der Waals surface area contributed by atoms with Gasteiger partial charge in [-0.25, -0.2) is 4.98 Å². The van der Waals surface area contributed by atoms with Gasteiger partial charge in [-0.05, 0) is 43.0 Å². The molecule has 0 aliphatic heterocycles. The highest BCUT2D eigenvalue weighted by Gasteiger charge is 2.18. The zero-order chi connectivity index (χ0) is 17.8. The maximum Gasteiger partial charge on any atom is 0.237 e. The number of carbonyl (C=O) groups is 1. The maximum atomic E-state index is 12.6. The van der Waals surface area contributed by atoms with E-state index in [9.17, 15) is 4.79 Å². The van der Waals surface area contributed by atoms with E-state index in [1.807, 2.05) is 49.4 Å². The van der Waals surface area contributed by atoms with E-state index < -0.39 is 0 Å². The van der Waals surface area contributed by atoms with E-state index in [-0.39, 0.29) is 11.2 Å². The molecular formula is C20H23N3OS. The highest BCUT2D eigenvalue weighted by Crippen LogP contribution is 2.28. The summed E-state index contributed by atoms with van der Waals surface area (Å²) in [5.41, 5.74) is 3.98. The number of hydrogen-bond acceptors (Lipinski definition) is 3. The Balaban J connectivity index is 1.71. The summed E-state index contributed by atoms with van der Waals surface area (Å²) in [6.45, 7) is 6.24. The standard InChI is InChI=1S/C20H23N3OS/c1-4-13(2)15-9-5-6-10-16(15)21-19(24)14(3)25-20-22-17-11-7-8-12-18(17)23-20/h5-14H,4H2,1-3H3,(H,21,24)(H,22,23). The summed E-state index contributed by atoms with van der Waals surface area (Å²) < 4.78 is 0. The Hall–Kier alpha value is -2.27. The van der Waals surface area contributed by atoms with Crippen molar-refractivity contribution in [2.45, 2.75) is 43.5 Å². The molecule has 0 aliphatic carbocycles. The molecule has 4 nitrogen and oxygen atoms in total. The third kappa shape index (κ3) is 4.04. The number of imidazole rings is 1. The van der Waals surface area contributed by atoms with Crippen molar-refractivity contribution in [1.82, 2.24) is 9.97 Å². The average molecular weight is 353 g/mol. The number of carbonyl (C=O) groups excluding carboxylic acids is 1. The zero-order valence-corrected chi connectivity index (χ0v) is 15.6. The molecule has 0 aliphatic rings. The lowest BCUT2D eigenvalue weighted by Crippen LogP contribution is -2.23. The van der Waals surface area contributed by atoms with Gasteiger partial charge in [0, 0.05) is 5.69 Å². The monoisotopic (exact) mass is 353 g/mol. The van der Waals surface area contributed by atoms with Gasteiger partial charge in [-0.2, -0.15) is 0 Å². The third-order valence-corrected chi connectivity index (χ3v) is 5.37. The first-order valence-corrected chi connectivity index (χ1v) is 9.47. The van der Waals surface area contributed by atoms with Gasteiger partial charge in [-0.3, -0.25) is 4.79 Å². The Labute approximate surface area is 152 Å². The topological polar surface area (TPSA) is 57.8 Å². The molecule has 5 heteroatoms. The number of fused-ring (bicyclic) bond motifs is 1. The van der Waals surface area contributed by atoms with Crippen LogP contribution < -0.4 is 5.32 Å². The number of benzene rings is 2. The Bertz CT molecular complexity index is 841. The van der Waals surface area contributed by atoms with Crippen molar-refractivity contribution in [2.75, 3.05) is 5.32 Å². The van der Waals surface area contributed by atoms with Gasteiger partial charge < -0.3 is 10.3 Å². The molecule has 3 aromatic rings. The van der Waals surface area contributed by atoms with E-state index in [1.54, 1.807) is 0 Å². The van der Waals surface area contributed by atoms with Crippen molar-refractivity contribution in [3.63, 3.8) is 0 Å². The molecular weight excluding hydrogens is 330 g/mol. The summed E-state index contributed by atoms with van der Waals surface area (Å²) in [7, 11) is 0. The van der Waals surface area contributed by atoms with Gasteiger partial charge in [0.1, 0.15) is 0 Å². The molecule has 0 saturated carbocycles. The molecule has 25 heavy (non-hydrogen) atoms. The summed E-state index contributed by atoms with van der Waals surface area (Å²) in [6, 6.07) is 15.9. The molecule has 130 valence electrons. The zero-order valence-electron chi connectivity index (χ0n) is 14.7. The van der Waals surface area contributed by atoms with E-state index in [4.69, 9.17) is 0 Å². The summed E-state index contributed by atoms with van der Waals surface area (Å²) in [4.78, 5) is 20.4. The summed E-state index contributed by atoms with van der Waals surface area (Å²) >= 11 is 1.44. The van der Waals surface area contributed by atoms with Gasteiger partial charge in [-0.1, -0.05) is 55.9 Å². The smallest absolute Gasteiger partial charge is 0.237 e.